The van der Waals surface area contributed by atoms with E-state index in [1.807, 2.05) is 20.8 Å². The number of carbonyl (C=O) groups is 1. The van der Waals surface area contributed by atoms with Crippen LogP contribution >= 0.6 is 0 Å². The minimum Gasteiger partial charge on any atom is -0.353 e. The van der Waals surface area contributed by atoms with Gasteiger partial charge in [0.05, 0.1) is 16.9 Å². The molecule has 118 valence electrons. The van der Waals surface area contributed by atoms with Gasteiger partial charge in [0.1, 0.15) is 0 Å². The highest BCUT2D eigenvalue weighted by atomic mass is 19.2. The monoisotopic (exact) mass is 314 g/mol. The Balaban J connectivity index is 2.18. The first-order valence-electron chi connectivity index (χ1n) is 7.60. The van der Waals surface area contributed by atoms with E-state index in [1.54, 1.807) is 0 Å². The van der Waals surface area contributed by atoms with E-state index in [0.29, 0.717) is 40.2 Å². The number of aromatic amines is 1. The van der Waals surface area contributed by atoms with Crippen LogP contribution in [0, 0.1) is 24.0 Å². The third kappa shape index (κ3) is 1.99. The molecule has 3 nitrogen and oxygen atoms in total. The Kier molecular flexibility index (Phi) is 2.72. The van der Waals surface area contributed by atoms with Gasteiger partial charge in [-0.15, -0.1) is 0 Å². The first kappa shape index (κ1) is 14.3. The zero-order valence-electron chi connectivity index (χ0n) is 13.2. The molecule has 23 heavy (non-hydrogen) atoms. The molecule has 0 amide bonds. The number of ketones is 1. The van der Waals surface area contributed by atoms with Crippen LogP contribution in [-0.2, 0) is 6.42 Å². The third-order valence-electron chi connectivity index (χ3n) is 4.61. The minimum absolute atomic E-state index is 0.0133. The maximum atomic E-state index is 13.7. The highest BCUT2D eigenvalue weighted by molar-refractivity contribution is 6.19. The Morgan fingerprint density at radius 3 is 2.61 bits per heavy atom. The molecule has 0 radical (unpaired) electrons. The van der Waals surface area contributed by atoms with Gasteiger partial charge in [0.25, 0.3) is 0 Å². The molecule has 0 aliphatic heterocycles. The number of rotatable bonds is 0. The summed E-state index contributed by atoms with van der Waals surface area (Å²) >= 11 is 0. The molecule has 1 aliphatic rings. The molecule has 0 bridgehead atoms. The van der Waals surface area contributed by atoms with Gasteiger partial charge in [0.15, 0.2) is 17.4 Å². The first-order chi connectivity index (χ1) is 10.8. The van der Waals surface area contributed by atoms with Gasteiger partial charge >= 0.3 is 0 Å². The molecule has 1 aromatic carbocycles. The lowest BCUT2D eigenvalue weighted by atomic mass is 9.74. The maximum absolute atomic E-state index is 13.7. The Morgan fingerprint density at radius 2 is 1.87 bits per heavy atom. The van der Waals surface area contributed by atoms with Crippen molar-refractivity contribution in [3.05, 3.63) is 40.7 Å². The number of nitrogens with zero attached hydrogens (tertiary/aromatic N) is 1. The third-order valence-corrected chi connectivity index (χ3v) is 4.61. The van der Waals surface area contributed by atoms with Crippen LogP contribution in [0.4, 0.5) is 8.78 Å². The highest BCUT2D eigenvalue weighted by Gasteiger charge is 2.34. The number of Topliss-reactive ketones (excluding diaryl/α,β-unsaturated/α-hetero) is 1. The highest BCUT2D eigenvalue weighted by Crippen LogP contribution is 2.40. The number of carbonyl (C=O) groups excluding carboxylic acids is 1. The smallest absolute Gasteiger partial charge is 0.165 e. The Hall–Kier alpha value is -2.30. The summed E-state index contributed by atoms with van der Waals surface area (Å²) in [7, 11) is 0. The van der Waals surface area contributed by atoms with Crippen molar-refractivity contribution in [2.24, 2.45) is 5.41 Å². The predicted octanol–water partition coefficient (Wildman–Crippen LogP) is 4.46. The lowest BCUT2D eigenvalue weighted by Crippen LogP contribution is -2.28. The Bertz CT molecular complexity index is 1000. The molecule has 2 heterocycles. The summed E-state index contributed by atoms with van der Waals surface area (Å²) in [6.45, 7) is 5.93. The summed E-state index contributed by atoms with van der Waals surface area (Å²) in [5.41, 5.74) is 3.07. The van der Waals surface area contributed by atoms with Crippen molar-refractivity contribution in [3.63, 3.8) is 0 Å². The van der Waals surface area contributed by atoms with Crippen molar-refractivity contribution in [2.45, 2.75) is 33.6 Å². The van der Waals surface area contributed by atoms with E-state index < -0.39 is 11.6 Å². The largest absolute Gasteiger partial charge is 0.353 e. The fourth-order valence-corrected chi connectivity index (χ4v) is 3.65. The molecular weight excluding hydrogens is 298 g/mol. The normalized spacial score (nSPS) is 17.0. The number of pyridine rings is 1. The van der Waals surface area contributed by atoms with Gasteiger partial charge in [-0.3, -0.25) is 9.78 Å². The number of aryl methyl sites for hydroxylation is 1. The van der Waals surface area contributed by atoms with E-state index >= 15 is 0 Å². The van der Waals surface area contributed by atoms with Crippen LogP contribution in [0.5, 0.6) is 0 Å². The molecule has 0 spiro atoms. The average Bonchev–Trinajstić information content (AvgIpc) is 2.77. The minimum atomic E-state index is -0.912. The topological polar surface area (TPSA) is 45.8 Å². The molecule has 0 saturated carbocycles. The molecule has 5 heteroatoms. The van der Waals surface area contributed by atoms with Gasteiger partial charge in [-0.25, -0.2) is 8.78 Å². The van der Waals surface area contributed by atoms with Gasteiger partial charge in [0.2, 0.25) is 0 Å². The van der Waals surface area contributed by atoms with Gasteiger partial charge in [-0.1, -0.05) is 13.8 Å². The summed E-state index contributed by atoms with van der Waals surface area (Å²) in [5, 5.41) is 1.20. The molecule has 3 aromatic rings. The molecule has 0 atom stereocenters. The average molecular weight is 314 g/mol. The summed E-state index contributed by atoms with van der Waals surface area (Å²) in [6.07, 6.45) is 1.12. The van der Waals surface area contributed by atoms with E-state index in [1.165, 1.54) is 0 Å². The zero-order valence-corrected chi connectivity index (χ0v) is 13.2. The van der Waals surface area contributed by atoms with Crippen LogP contribution in [0.15, 0.2) is 12.1 Å². The second-order valence-corrected chi connectivity index (χ2v) is 7.15. The van der Waals surface area contributed by atoms with Crippen LogP contribution in [0.25, 0.3) is 21.8 Å². The lowest BCUT2D eigenvalue weighted by molar-refractivity contribution is 0.0912. The van der Waals surface area contributed by atoms with E-state index in [2.05, 4.69) is 9.97 Å². The molecule has 0 unspecified atom stereocenters. The van der Waals surface area contributed by atoms with Gasteiger partial charge < -0.3 is 4.98 Å². The number of aromatic nitrogens is 2. The molecule has 1 aliphatic carbocycles. The number of nitrogens with one attached hydrogen (secondary N) is 1. The van der Waals surface area contributed by atoms with E-state index in [0.717, 1.165) is 23.5 Å². The van der Waals surface area contributed by atoms with Crippen LogP contribution in [0.1, 0.15) is 42.0 Å². The molecular formula is C18H16F2N2O. The number of hydrogen-bond acceptors (Lipinski definition) is 2. The molecule has 2 aromatic heterocycles. The number of hydrogen-bond donors (Lipinski definition) is 1. The lowest BCUT2D eigenvalue weighted by Gasteiger charge is -2.30. The van der Waals surface area contributed by atoms with Crippen molar-refractivity contribution in [1.29, 1.82) is 0 Å². The van der Waals surface area contributed by atoms with Gasteiger partial charge in [-0.05, 0) is 24.8 Å². The second-order valence-electron chi connectivity index (χ2n) is 7.15. The quantitative estimate of drug-likeness (QED) is 0.666. The van der Waals surface area contributed by atoms with Crippen molar-refractivity contribution in [1.82, 2.24) is 9.97 Å². The summed E-state index contributed by atoms with van der Waals surface area (Å²) < 4.78 is 27.2. The van der Waals surface area contributed by atoms with E-state index in [-0.39, 0.29) is 11.2 Å². The maximum Gasteiger partial charge on any atom is 0.165 e. The predicted molar refractivity (Wildman–Crippen MR) is 84.7 cm³/mol. The molecule has 1 N–H and O–H groups in total. The SMILES string of the molecule is Cc1nc2c(c3c1[nH]c1cc(F)c(F)cc13)C(=O)CC(C)(C)C2. The summed E-state index contributed by atoms with van der Waals surface area (Å²) in [6, 6.07) is 2.30. The van der Waals surface area contributed by atoms with Crippen LogP contribution in [0.3, 0.4) is 0 Å². The number of benzene rings is 1. The Labute approximate surface area is 131 Å². The zero-order chi connectivity index (χ0) is 16.5. The number of H-pyrrole nitrogens is 1. The van der Waals surface area contributed by atoms with Crippen molar-refractivity contribution in [2.75, 3.05) is 0 Å². The molecule has 0 fully saturated rings. The molecule has 4 rings (SSSR count). The van der Waals surface area contributed by atoms with Crippen LogP contribution < -0.4 is 0 Å². The van der Waals surface area contributed by atoms with Crippen molar-refractivity contribution < 1.29 is 13.6 Å². The van der Waals surface area contributed by atoms with E-state index in [9.17, 15) is 13.6 Å². The van der Waals surface area contributed by atoms with Gasteiger partial charge in [-0.2, -0.15) is 0 Å². The van der Waals surface area contributed by atoms with E-state index in [4.69, 9.17) is 0 Å². The van der Waals surface area contributed by atoms with Crippen LogP contribution in [0.2, 0.25) is 0 Å². The van der Waals surface area contributed by atoms with Crippen LogP contribution in [-0.4, -0.2) is 15.8 Å². The first-order valence-corrected chi connectivity index (χ1v) is 7.60. The fourth-order valence-electron chi connectivity index (χ4n) is 3.65. The Morgan fingerprint density at radius 1 is 1.17 bits per heavy atom. The number of fused-ring (bicyclic) bond motifs is 5. The van der Waals surface area contributed by atoms with Crippen molar-refractivity contribution >= 4 is 27.6 Å². The standard InChI is InChI=1S/C18H16F2N2O/c1-8-17-15(9-4-10(19)11(20)5-12(9)22-17)16-13(21-8)6-18(2,3)7-14(16)23/h4-5,22H,6-7H2,1-3H3. The summed E-state index contributed by atoms with van der Waals surface area (Å²) in [5.74, 6) is -1.81. The number of halogens is 2. The molecule has 0 saturated heterocycles. The fraction of sp³-hybridized carbons (Fsp3) is 0.333. The van der Waals surface area contributed by atoms with Crippen molar-refractivity contribution in [3.8, 4) is 0 Å². The summed E-state index contributed by atoms with van der Waals surface area (Å²) in [4.78, 5) is 20.4. The van der Waals surface area contributed by atoms with Gasteiger partial charge in [0, 0.05) is 34.3 Å². The second kappa shape index (κ2) is 4.37.